The van der Waals surface area contributed by atoms with Crippen LogP contribution in [-0.2, 0) is 21.0 Å². The second kappa shape index (κ2) is 14.3. The second-order valence-corrected chi connectivity index (χ2v) is 11.1. The average Bonchev–Trinajstić information content (AvgIpc) is 3.03. The number of para-hydroxylation sites is 1. The van der Waals surface area contributed by atoms with E-state index in [1.165, 1.54) is 13.2 Å². The molecule has 1 heterocycles. The van der Waals surface area contributed by atoms with E-state index in [0.29, 0.717) is 37.9 Å². The van der Waals surface area contributed by atoms with E-state index in [4.69, 9.17) is 25.8 Å². The van der Waals surface area contributed by atoms with Crippen LogP contribution in [0.3, 0.4) is 0 Å². The summed E-state index contributed by atoms with van der Waals surface area (Å²) >= 11 is 8.10. The van der Waals surface area contributed by atoms with Crippen molar-refractivity contribution in [3.05, 3.63) is 116 Å². The normalized spacial score (nSPS) is 13.8. The molecule has 10 nitrogen and oxygen atoms in total. The molecule has 1 fully saturated rings. The highest BCUT2D eigenvalue weighted by molar-refractivity contribution is 14.1. The number of imide groups is 2. The van der Waals surface area contributed by atoms with E-state index in [1.807, 2.05) is 52.9 Å². The number of halogens is 2. The van der Waals surface area contributed by atoms with Gasteiger partial charge in [-0.1, -0.05) is 54.1 Å². The summed E-state index contributed by atoms with van der Waals surface area (Å²) in [4.78, 5) is 52.2. The van der Waals surface area contributed by atoms with Gasteiger partial charge in [-0.25, -0.2) is 9.69 Å². The Morgan fingerprint density at radius 1 is 0.956 bits per heavy atom. The van der Waals surface area contributed by atoms with Crippen LogP contribution in [0.15, 0.2) is 96.6 Å². The summed E-state index contributed by atoms with van der Waals surface area (Å²) in [6.45, 7) is 0.0264. The van der Waals surface area contributed by atoms with Crippen LogP contribution in [0.4, 0.5) is 16.2 Å². The molecule has 228 valence electrons. The number of carbonyl (C=O) groups is 4. The molecule has 12 heteroatoms. The van der Waals surface area contributed by atoms with Crippen LogP contribution in [0.25, 0.3) is 6.08 Å². The highest BCUT2D eigenvalue weighted by atomic mass is 127. The summed E-state index contributed by atoms with van der Waals surface area (Å²) in [7, 11) is 1.42. The minimum Gasteiger partial charge on any atom is -0.493 e. The molecule has 0 atom stereocenters. The number of nitrogens with one attached hydrogen (secondary N) is 2. The first kappa shape index (κ1) is 31.5. The van der Waals surface area contributed by atoms with Crippen LogP contribution >= 0.6 is 34.2 Å². The fraction of sp³-hybridized carbons (Fsp3) is 0.0909. The number of ether oxygens (including phenoxy) is 3. The molecule has 0 bridgehead atoms. The Bertz CT molecular complexity index is 1800. The third kappa shape index (κ3) is 7.62. The van der Waals surface area contributed by atoms with E-state index in [-0.39, 0.29) is 23.6 Å². The number of nitrogens with zero attached hydrogens (tertiary/aromatic N) is 1. The maximum absolute atomic E-state index is 13.4. The Hall–Kier alpha value is -4.88. The van der Waals surface area contributed by atoms with Crippen molar-refractivity contribution in [2.75, 3.05) is 23.9 Å². The molecule has 4 aromatic rings. The predicted molar refractivity (Wildman–Crippen MR) is 178 cm³/mol. The first-order chi connectivity index (χ1) is 21.7. The number of hydrogen-bond donors (Lipinski definition) is 2. The van der Waals surface area contributed by atoms with Crippen molar-refractivity contribution >= 4 is 75.4 Å². The zero-order valence-electron chi connectivity index (χ0n) is 23.7. The summed E-state index contributed by atoms with van der Waals surface area (Å²) in [5.74, 6) is -0.967. The van der Waals surface area contributed by atoms with E-state index in [9.17, 15) is 19.2 Å². The molecule has 1 aliphatic heterocycles. The second-order valence-electron chi connectivity index (χ2n) is 9.58. The number of methoxy groups -OCH3 is 1. The first-order valence-corrected chi connectivity index (χ1v) is 14.9. The maximum Gasteiger partial charge on any atom is 0.335 e. The van der Waals surface area contributed by atoms with Gasteiger partial charge in [-0.15, -0.1) is 0 Å². The Balaban J connectivity index is 1.31. The van der Waals surface area contributed by atoms with Gasteiger partial charge in [-0.05, 0) is 88.3 Å². The van der Waals surface area contributed by atoms with Crippen molar-refractivity contribution in [3.63, 3.8) is 0 Å². The lowest BCUT2D eigenvalue weighted by Crippen LogP contribution is -2.54. The molecule has 0 radical (unpaired) electrons. The molecule has 2 N–H and O–H groups in total. The van der Waals surface area contributed by atoms with Gasteiger partial charge in [-0.2, -0.15) is 0 Å². The van der Waals surface area contributed by atoms with Crippen LogP contribution in [0.2, 0.25) is 5.02 Å². The lowest BCUT2D eigenvalue weighted by atomic mass is 10.1. The van der Waals surface area contributed by atoms with Gasteiger partial charge in [0.15, 0.2) is 18.1 Å². The molecule has 5 rings (SSSR count). The fourth-order valence-corrected chi connectivity index (χ4v) is 5.30. The van der Waals surface area contributed by atoms with Crippen molar-refractivity contribution in [2.45, 2.75) is 6.61 Å². The fourth-order valence-electron chi connectivity index (χ4n) is 4.34. The maximum atomic E-state index is 13.4. The summed E-state index contributed by atoms with van der Waals surface area (Å²) in [6.07, 6.45) is 1.35. The van der Waals surface area contributed by atoms with Gasteiger partial charge in [0.05, 0.1) is 27.1 Å². The highest BCUT2D eigenvalue weighted by Crippen LogP contribution is 2.35. The molecular formula is C33H25ClIN3O7. The lowest BCUT2D eigenvalue weighted by molar-refractivity contribution is -0.122. The minimum atomic E-state index is -0.869. The number of amides is 5. The van der Waals surface area contributed by atoms with E-state index in [1.54, 1.807) is 60.7 Å². The van der Waals surface area contributed by atoms with Gasteiger partial charge in [0.2, 0.25) is 0 Å². The van der Waals surface area contributed by atoms with E-state index >= 15 is 0 Å². The molecule has 0 unspecified atom stereocenters. The Kier molecular flexibility index (Phi) is 10.0. The van der Waals surface area contributed by atoms with Gasteiger partial charge in [0, 0.05) is 0 Å². The summed E-state index contributed by atoms with van der Waals surface area (Å²) < 4.78 is 17.6. The molecule has 1 saturated heterocycles. The number of rotatable bonds is 10. The van der Waals surface area contributed by atoms with E-state index < -0.39 is 23.8 Å². The molecular weight excluding hydrogens is 713 g/mol. The first-order valence-electron chi connectivity index (χ1n) is 13.5. The van der Waals surface area contributed by atoms with Crippen molar-refractivity contribution in [1.82, 2.24) is 5.32 Å². The van der Waals surface area contributed by atoms with Gasteiger partial charge in [0.25, 0.3) is 17.7 Å². The third-order valence-corrected chi connectivity index (χ3v) is 7.63. The van der Waals surface area contributed by atoms with E-state index in [0.717, 1.165) is 10.5 Å². The molecule has 0 saturated carbocycles. The highest BCUT2D eigenvalue weighted by Gasteiger charge is 2.37. The standard InChI is InChI=1S/C33H25ClIN3O7/c1-43-28-17-21(16-26(35)30(28)45-19-29(39)36-27-10-6-5-9-25(27)34)15-24-31(40)37-33(42)38(32(24)41)22-11-13-23(14-12-22)44-18-20-7-3-2-4-8-20/h2-17H,18-19H2,1H3,(H,36,39)(H,37,40,42)/b24-15-. The number of carbonyl (C=O) groups excluding carboxylic acids is 4. The van der Waals surface area contributed by atoms with Crippen molar-refractivity contribution < 1.29 is 33.4 Å². The summed E-state index contributed by atoms with van der Waals surface area (Å²) in [5, 5.41) is 5.29. The van der Waals surface area contributed by atoms with Crippen LogP contribution in [0.5, 0.6) is 17.2 Å². The van der Waals surface area contributed by atoms with Gasteiger partial charge in [-0.3, -0.25) is 19.7 Å². The number of benzene rings is 4. The zero-order chi connectivity index (χ0) is 31.9. The Morgan fingerprint density at radius 2 is 1.67 bits per heavy atom. The molecule has 0 aromatic heterocycles. The quantitative estimate of drug-likeness (QED) is 0.113. The molecule has 0 spiro atoms. The van der Waals surface area contributed by atoms with Crippen LogP contribution in [-0.4, -0.2) is 37.5 Å². The largest absolute Gasteiger partial charge is 0.493 e. The molecule has 4 aromatic carbocycles. The Labute approximate surface area is 277 Å². The van der Waals surface area contributed by atoms with E-state index in [2.05, 4.69) is 10.6 Å². The van der Waals surface area contributed by atoms with Gasteiger partial charge >= 0.3 is 6.03 Å². The molecule has 0 aliphatic carbocycles. The predicted octanol–water partition coefficient (Wildman–Crippen LogP) is 6.22. The summed E-state index contributed by atoms with van der Waals surface area (Å²) in [5.41, 5.74) is 1.87. The van der Waals surface area contributed by atoms with Crippen molar-refractivity contribution in [1.29, 1.82) is 0 Å². The lowest BCUT2D eigenvalue weighted by Gasteiger charge is -2.26. The van der Waals surface area contributed by atoms with Gasteiger partial charge in [0.1, 0.15) is 17.9 Å². The monoisotopic (exact) mass is 737 g/mol. The number of hydrogen-bond acceptors (Lipinski definition) is 7. The minimum absolute atomic E-state index is 0.258. The Morgan fingerprint density at radius 3 is 2.38 bits per heavy atom. The molecule has 5 amide bonds. The number of barbiturate groups is 1. The molecule has 45 heavy (non-hydrogen) atoms. The summed E-state index contributed by atoms with van der Waals surface area (Å²) in [6, 6.07) is 25.2. The van der Waals surface area contributed by atoms with Crippen molar-refractivity contribution in [2.24, 2.45) is 0 Å². The molecule has 1 aliphatic rings. The van der Waals surface area contributed by atoms with Crippen LogP contribution in [0, 0.1) is 3.57 Å². The van der Waals surface area contributed by atoms with Gasteiger partial charge < -0.3 is 19.5 Å². The number of anilines is 2. The smallest absolute Gasteiger partial charge is 0.335 e. The number of urea groups is 1. The van der Waals surface area contributed by atoms with Crippen LogP contribution in [0.1, 0.15) is 11.1 Å². The average molecular weight is 738 g/mol. The third-order valence-electron chi connectivity index (χ3n) is 6.50. The van der Waals surface area contributed by atoms with Crippen molar-refractivity contribution in [3.8, 4) is 17.2 Å². The zero-order valence-corrected chi connectivity index (χ0v) is 26.6. The van der Waals surface area contributed by atoms with Crippen LogP contribution < -0.4 is 29.7 Å². The topological polar surface area (TPSA) is 123 Å². The SMILES string of the molecule is COc1cc(/C=C2/C(=O)NC(=O)N(c3ccc(OCc4ccccc4)cc3)C2=O)cc(I)c1OCC(=O)Nc1ccccc1Cl.